The molecule has 2 aromatic rings. The van der Waals surface area contributed by atoms with Crippen molar-refractivity contribution >= 4 is 11.7 Å². The molecule has 0 radical (unpaired) electrons. The lowest BCUT2D eigenvalue weighted by Crippen LogP contribution is -2.34. The van der Waals surface area contributed by atoms with Crippen LogP contribution >= 0.6 is 0 Å². The molecular weight excluding hydrogens is 314 g/mol. The number of rotatable bonds is 6. The van der Waals surface area contributed by atoms with E-state index in [2.05, 4.69) is 39.8 Å². The SMILES string of the molecule is COc1ccc(NC(=O)NC[C@H]2CCN(Cc3ccccc3)C2)cc1. The topological polar surface area (TPSA) is 53.6 Å². The van der Waals surface area contributed by atoms with E-state index < -0.39 is 0 Å². The highest BCUT2D eigenvalue weighted by Crippen LogP contribution is 2.18. The third kappa shape index (κ3) is 5.22. The van der Waals surface area contributed by atoms with Gasteiger partial charge in [0.05, 0.1) is 7.11 Å². The molecule has 2 amide bonds. The van der Waals surface area contributed by atoms with Crippen molar-refractivity contribution in [3.8, 4) is 5.75 Å². The van der Waals surface area contributed by atoms with Crippen molar-refractivity contribution in [2.45, 2.75) is 13.0 Å². The lowest BCUT2D eigenvalue weighted by molar-refractivity contribution is 0.249. The number of nitrogens with zero attached hydrogens (tertiary/aromatic N) is 1. The number of benzene rings is 2. The van der Waals surface area contributed by atoms with Crippen LogP contribution in [0.4, 0.5) is 10.5 Å². The van der Waals surface area contributed by atoms with Crippen LogP contribution in [0.2, 0.25) is 0 Å². The fraction of sp³-hybridized carbons (Fsp3) is 0.350. The van der Waals surface area contributed by atoms with Crippen molar-refractivity contribution in [2.24, 2.45) is 5.92 Å². The van der Waals surface area contributed by atoms with Crippen LogP contribution in [0.1, 0.15) is 12.0 Å². The number of anilines is 1. The number of methoxy groups -OCH3 is 1. The van der Waals surface area contributed by atoms with Crippen LogP contribution in [0.5, 0.6) is 5.75 Å². The zero-order valence-electron chi connectivity index (χ0n) is 14.6. The number of amides is 2. The number of carbonyl (C=O) groups excluding carboxylic acids is 1. The van der Waals surface area contributed by atoms with E-state index >= 15 is 0 Å². The number of hydrogen-bond donors (Lipinski definition) is 2. The Morgan fingerprint density at radius 2 is 1.92 bits per heavy atom. The molecule has 0 saturated carbocycles. The average Bonchev–Trinajstić information content (AvgIpc) is 3.09. The van der Waals surface area contributed by atoms with Crippen LogP contribution in [0, 0.1) is 5.92 Å². The summed E-state index contributed by atoms with van der Waals surface area (Å²) in [6.45, 7) is 3.79. The van der Waals surface area contributed by atoms with E-state index in [9.17, 15) is 4.79 Å². The lowest BCUT2D eigenvalue weighted by Gasteiger charge is -2.16. The van der Waals surface area contributed by atoms with Crippen molar-refractivity contribution in [2.75, 3.05) is 32.1 Å². The van der Waals surface area contributed by atoms with Crippen LogP contribution in [0.15, 0.2) is 54.6 Å². The molecule has 5 heteroatoms. The van der Waals surface area contributed by atoms with Gasteiger partial charge in [-0.3, -0.25) is 4.90 Å². The van der Waals surface area contributed by atoms with E-state index in [1.807, 2.05) is 30.3 Å². The highest BCUT2D eigenvalue weighted by Gasteiger charge is 2.22. The lowest BCUT2D eigenvalue weighted by atomic mass is 10.1. The third-order valence-corrected chi connectivity index (χ3v) is 4.52. The molecule has 2 N–H and O–H groups in total. The molecule has 1 heterocycles. The van der Waals surface area contributed by atoms with E-state index in [0.29, 0.717) is 12.5 Å². The Morgan fingerprint density at radius 1 is 1.16 bits per heavy atom. The monoisotopic (exact) mass is 339 g/mol. The highest BCUT2D eigenvalue weighted by atomic mass is 16.5. The molecule has 0 aromatic heterocycles. The second-order valence-electron chi connectivity index (χ2n) is 6.44. The number of ether oxygens (including phenoxy) is 1. The molecule has 1 fully saturated rings. The van der Waals surface area contributed by atoms with Gasteiger partial charge in [0.1, 0.15) is 5.75 Å². The van der Waals surface area contributed by atoms with Crippen molar-refractivity contribution in [1.82, 2.24) is 10.2 Å². The minimum Gasteiger partial charge on any atom is -0.497 e. The summed E-state index contributed by atoms with van der Waals surface area (Å²) in [6.07, 6.45) is 1.12. The fourth-order valence-corrected chi connectivity index (χ4v) is 3.15. The molecule has 0 aliphatic carbocycles. The predicted molar refractivity (Wildman–Crippen MR) is 99.8 cm³/mol. The Morgan fingerprint density at radius 3 is 2.64 bits per heavy atom. The molecule has 1 atom stereocenters. The number of hydrogen-bond acceptors (Lipinski definition) is 3. The number of urea groups is 1. The van der Waals surface area contributed by atoms with Crippen LogP contribution in [-0.4, -0.2) is 37.7 Å². The summed E-state index contributed by atoms with van der Waals surface area (Å²) >= 11 is 0. The summed E-state index contributed by atoms with van der Waals surface area (Å²) in [5.74, 6) is 1.28. The van der Waals surface area contributed by atoms with Crippen LogP contribution in [0.3, 0.4) is 0 Å². The van der Waals surface area contributed by atoms with Crippen molar-refractivity contribution < 1.29 is 9.53 Å². The molecule has 1 aliphatic heterocycles. The number of likely N-dealkylation sites (tertiary alicyclic amines) is 1. The Labute approximate surface area is 149 Å². The molecule has 1 aliphatic rings. The standard InChI is InChI=1S/C20H25N3O2/c1-25-19-9-7-18(8-10-19)22-20(24)21-13-17-11-12-23(15-17)14-16-5-3-2-4-6-16/h2-10,17H,11-15H2,1H3,(H2,21,22,24)/t17-/m1/s1. The van der Waals surface area contributed by atoms with Crippen molar-refractivity contribution in [3.63, 3.8) is 0 Å². The number of carbonyl (C=O) groups is 1. The third-order valence-electron chi connectivity index (χ3n) is 4.52. The summed E-state index contributed by atoms with van der Waals surface area (Å²) in [4.78, 5) is 14.5. The second-order valence-corrected chi connectivity index (χ2v) is 6.44. The van der Waals surface area contributed by atoms with Gasteiger partial charge >= 0.3 is 6.03 Å². The van der Waals surface area contributed by atoms with Gasteiger partial charge in [0.25, 0.3) is 0 Å². The largest absolute Gasteiger partial charge is 0.497 e. The van der Waals surface area contributed by atoms with Gasteiger partial charge in [-0.05, 0) is 48.7 Å². The highest BCUT2D eigenvalue weighted by molar-refractivity contribution is 5.89. The maximum atomic E-state index is 12.0. The van der Waals surface area contributed by atoms with Crippen molar-refractivity contribution in [3.05, 3.63) is 60.2 Å². The Kier molecular flexibility index (Phi) is 5.90. The van der Waals surface area contributed by atoms with E-state index in [4.69, 9.17) is 4.74 Å². The summed E-state index contributed by atoms with van der Waals surface area (Å²) in [5.41, 5.74) is 2.10. The maximum Gasteiger partial charge on any atom is 0.319 e. The van der Waals surface area contributed by atoms with Gasteiger partial charge in [-0.15, -0.1) is 0 Å². The molecule has 3 rings (SSSR count). The van der Waals surface area contributed by atoms with Crippen LogP contribution in [0.25, 0.3) is 0 Å². The van der Waals surface area contributed by atoms with E-state index in [1.165, 1.54) is 5.56 Å². The molecule has 132 valence electrons. The quantitative estimate of drug-likeness (QED) is 0.849. The van der Waals surface area contributed by atoms with E-state index in [0.717, 1.165) is 37.5 Å². The fourth-order valence-electron chi connectivity index (χ4n) is 3.15. The summed E-state index contributed by atoms with van der Waals surface area (Å²) in [5, 5.41) is 5.83. The second kappa shape index (κ2) is 8.53. The minimum atomic E-state index is -0.160. The smallest absolute Gasteiger partial charge is 0.319 e. The molecule has 1 saturated heterocycles. The summed E-state index contributed by atoms with van der Waals surface area (Å²) in [7, 11) is 1.62. The molecular formula is C20H25N3O2. The first kappa shape index (κ1) is 17.3. The van der Waals surface area contributed by atoms with E-state index in [1.54, 1.807) is 7.11 Å². The molecule has 5 nitrogen and oxygen atoms in total. The van der Waals surface area contributed by atoms with Crippen molar-refractivity contribution in [1.29, 1.82) is 0 Å². The predicted octanol–water partition coefficient (Wildman–Crippen LogP) is 3.34. The summed E-state index contributed by atoms with van der Waals surface area (Å²) < 4.78 is 5.11. The average molecular weight is 339 g/mol. The zero-order chi connectivity index (χ0) is 17.5. The van der Waals surface area contributed by atoms with Gasteiger partial charge < -0.3 is 15.4 Å². The molecule has 0 spiro atoms. The molecule has 25 heavy (non-hydrogen) atoms. The Balaban J connectivity index is 1.39. The Hall–Kier alpha value is -2.53. The van der Waals surface area contributed by atoms with Gasteiger partial charge in [0, 0.05) is 25.3 Å². The normalized spacial score (nSPS) is 17.2. The van der Waals surface area contributed by atoms with Gasteiger partial charge in [-0.25, -0.2) is 4.79 Å². The maximum absolute atomic E-state index is 12.0. The molecule has 2 aromatic carbocycles. The van der Waals surface area contributed by atoms with E-state index in [-0.39, 0.29) is 6.03 Å². The van der Waals surface area contributed by atoms with Gasteiger partial charge in [-0.1, -0.05) is 30.3 Å². The van der Waals surface area contributed by atoms with Crippen LogP contribution < -0.4 is 15.4 Å². The Bertz CT molecular complexity index is 673. The molecule has 0 unspecified atom stereocenters. The minimum absolute atomic E-state index is 0.160. The van der Waals surface area contributed by atoms with Gasteiger partial charge in [0.2, 0.25) is 0 Å². The number of nitrogens with one attached hydrogen (secondary N) is 2. The molecule has 0 bridgehead atoms. The first-order valence-corrected chi connectivity index (χ1v) is 8.68. The summed E-state index contributed by atoms with van der Waals surface area (Å²) in [6, 6.07) is 17.7. The first-order valence-electron chi connectivity index (χ1n) is 8.68. The van der Waals surface area contributed by atoms with Gasteiger partial charge in [0.15, 0.2) is 0 Å². The van der Waals surface area contributed by atoms with Crippen LogP contribution in [-0.2, 0) is 6.54 Å². The zero-order valence-corrected chi connectivity index (χ0v) is 14.6. The first-order chi connectivity index (χ1) is 12.2. The van der Waals surface area contributed by atoms with Gasteiger partial charge in [-0.2, -0.15) is 0 Å².